The topological polar surface area (TPSA) is 81.0 Å². The van der Waals surface area contributed by atoms with Gasteiger partial charge < -0.3 is 14.2 Å². The third-order valence-corrected chi connectivity index (χ3v) is 9.01. The van der Waals surface area contributed by atoms with Gasteiger partial charge in [-0.2, -0.15) is 0 Å². The first-order valence-electron chi connectivity index (χ1n) is 15.0. The van der Waals surface area contributed by atoms with Gasteiger partial charge in [0.05, 0.1) is 36.7 Å². The predicted molar refractivity (Wildman–Crippen MR) is 174 cm³/mol. The summed E-state index contributed by atoms with van der Waals surface area (Å²) in [5, 5.41) is 8.65. The third kappa shape index (κ3) is 9.17. The minimum Gasteiger partial charge on any atom is -0.498 e. The molecule has 3 atom stereocenters. The van der Waals surface area contributed by atoms with Gasteiger partial charge in [0.2, 0.25) is 0 Å². The van der Waals surface area contributed by atoms with Crippen LogP contribution in [-0.4, -0.2) is 44.7 Å². The zero-order chi connectivity index (χ0) is 31.4. The van der Waals surface area contributed by atoms with Crippen LogP contribution in [0.25, 0.3) is 0 Å². The first kappa shape index (κ1) is 34.3. The van der Waals surface area contributed by atoms with Gasteiger partial charge in [-0.25, -0.2) is 0 Å². The average Bonchev–Trinajstić information content (AvgIpc) is 3.03. The number of allylic oxidation sites excluding steroid dienone is 5. The predicted octanol–water partition coefficient (Wildman–Crippen LogP) is 8.43. The molecule has 0 saturated heterocycles. The molecule has 6 nitrogen and oxygen atoms in total. The number of nitrogens with one attached hydrogen (secondary N) is 1. The Morgan fingerprint density at radius 2 is 2.14 bits per heavy atom. The Kier molecular flexibility index (Phi) is 13.3. The molecule has 1 aromatic carbocycles. The summed E-state index contributed by atoms with van der Waals surface area (Å²) in [5.74, 6) is 1.40. The fourth-order valence-corrected chi connectivity index (χ4v) is 6.06. The van der Waals surface area contributed by atoms with Crippen molar-refractivity contribution in [1.82, 2.24) is 0 Å². The number of aliphatic imine (C=N–C) groups is 1. The van der Waals surface area contributed by atoms with Crippen molar-refractivity contribution in [3.05, 3.63) is 74.8 Å². The summed E-state index contributed by atoms with van der Waals surface area (Å²) in [4.78, 5) is 18.3. The highest BCUT2D eigenvalue weighted by atomic mass is 32.2. The standard InChI is InChI=1S/C35H45FN2O4S/c1-7-35(5,23-36)33-17-25(15-16-42-33)13-14-31(39)34(37)26-11-10-12-29(18-26)43-24(4)30-19-28(22-40-6)32(41-9-3)20-27(30)21-38-8-2/h8,11,17-20,24-25,37H,7,9,13-16,21-23H2,1-6H3/b37-34?,38-8-. The molecule has 1 aromatic rings. The van der Waals surface area contributed by atoms with Crippen LogP contribution < -0.4 is 4.74 Å². The lowest BCUT2D eigenvalue weighted by molar-refractivity contribution is -0.113. The minimum atomic E-state index is -0.627. The van der Waals surface area contributed by atoms with Crippen molar-refractivity contribution in [2.45, 2.75) is 78.7 Å². The minimum absolute atomic E-state index is 0.0282. The smallest absolute Gasteiger partial charge is 0.181 e. The summed E-state index contributed by atoms with van der Waals surface area (Å²) >= 11 is 1.60. The largest absolute Gasteiger partial charge is 0.498 e. The van der Waals surface area contributed by atoms with Crippen LogP contribution in [-0.2, 0) is 27.4 Å². The van der Waals surface area contributed by atoms with E-state index in [1.165, 1.54) is 0 Å². The second-order valence-corrected chi connectivity index (χ2v) is 12.5. The van der Waals surface area contributed by atoms with E-state index < -0.39 is 12.1 Å². The lowest BCUT2D eigenvalue weighted by Crippen LogP contribution is -2.27. The van der Waals surface area contributed by atoms with Crippen LogP contribution in [0.3, 0.4) is 0 Å². The van der Waals surface area contributed by atoms with Gasteiger partial charge in [0.1, 0.15) is 23.9 Å². The lowest BCUT2D eigenvalue weighted by Gasteiger charge is -2.32. The first-order chi connectivity index (χ1) is 20.7. The number of thioether (sulfide) groups is 1. The lowest BCUT2D eigenvalue weighted by atomic mass is 9.82. The number of Topliss-reactive ketones (excluding diaryl/α,β-unsaturated/α-hetero) is 1. The van der Waals surface area contributed by atoms with Crippen molar-refractivity contribution in [2.75, 3.05) is 27.0 Å². The Labute approximate surface area is 260 Å². The Morgan fingerprint density at radius 3 is 2.81 bits per heavy atom. The van der Waals surface area contributed by atoms with Crippen molar-refractivity contribution >= 4 is 29.5 Å². The zero-order valence-corrected chi connectivity index (χ0v) is 27.2. The normalized spacial score (nSPS) is 18.4. The summed E-state index contributed by atoms with van der Waals surface area (Å²) in [6.45, 7) is 11.4. The molecule has 0 spiro atoms. The van der Waals surface area contributed by atoms with Crippen LogP contribution in [0.2, 0.25) is 0 Å². The molecule has 232 valence electrons. The number of carbonyl (C=O) groups excluding carboxylic acids is 1. The molecule has 2 aliphatic rings. The van der Waals surface area contributed by atoms with E-state index in [-0.39, 0.29) is 29.1 Å². The van der Waals surface area contributed by atoms with E-state index >= 15 is 0 Å². The highest BCUT2D eigenvalue weighted by molar-refractivity contribution is 8.03. The maximum atomic E-state index is 13.7. The molecular formula is C35H45FN2O4S. The first-order valence-corrected chi connectivity index (χ1v) is 15.9. The van der Waals surface area contributed by atoms with Crippen LogP contribution in [0.4, 0.5) is 4.39 Å². The number of ether oxygens (including phenoxy) is 3. The number of rotatable bonds is 17. The molecule has 0 aromatic heterocycles. The molecule has 3 rings (SSSR count). The highest BCUT2D eigenvalue weighted by Crippen LogP contribution is 2.40. The van der Waals surface area contributed by atoms with Crippen molar-refractivity contribution in [1.29, 1.82) is 5.41 Å². The maximum Gasteiger partial charge on any atom is 0.181 e. The molecule has 0 bridgehead atoms. The number of alkyl halides is 1. The van der Waals surface area contributed by atoms with Gasteiger partial charge in [-0.3, -0.25) is 19.6 Å². The summed E-state index contributed by atoms with van der Waals surface area (Å²) in [6, 6.07) is 4.17. The van der Waals surface area contributed by atoms with E-state index in [4.69, 9.17) is 19.6 Å². The van der Waals surface area contributed by atoms with Gasteiger partial charge in [-0.05, 0) is 101 Å². The number of nitrogens with zero attached hydrogens (tertiary/aromatic N) is 1. The number of halogens is 1. The van der Waals surface area contributed by atoms with Gasteiger partial charge in [0.25, 0.3) is 0 Å². The Morgan fingerprint density at radius 1 is 1.35 bits per heavy atom. The number of carbonyl (C=O) groups is 1. The van der Waals surface area contributed by atoms with Gasteiger partial charge in [-0.15, -0.1) is 11.8 Å². The monoisotopic (exact) mass is 608 g/mol. The van der Waals surface area contributed by atoms with Crippen molar-refractivity contribution in [3.63, 3.8) is 0 Å². The van der Waals surface area contributed by atoms with E-state index in [1.807, 2.05) is 39.8 Å². The fourth-order valence-electron chi connectivity index (χ4n) is 5.02. The molecule has 0 saturated carbocycles. The van der Waals surface area contributed by atoms with Crippen LogP contribution in [0, 0.1) is 16.7 Å². The average molecular weight is 609 g/mol. The van der Waals surface area contributed by atoms with Gasteiger partial charge in [0, 0.05) is 29.9 Å². The molecule has 3 unspecified atom stereocenters. The molecule has 8 heteroatoms. The molecule has 1 aliphatic heterocycles. The number of methoxy groups -OCH3 is 1. The molecule has 1 aliphatic carbocycles. The Balaban J connectivity index is 1.71. The fraction of sp³-hybridized carbons (Fsp3) is 0.514. The van der Waals surface area contributed by atoms with Crippen LogP contribution >= 0.6 is 11.8 Å². The number of benzene rings is 1. The number of hydrogen-bond donors (Lipinski definition) is 1. The molecular weight excluding hydrogens is 563 g/mol. The van der Waals surface area contributed by atoms with Gasteiger partial charge in [0.15, 0.2) is 5.78 Å². The molecule has 0 amide bonds. The number of ketones is 1. The number of hydrogen-bond acceptors (Lipinski definition) is 7. The molecule has 0 fully saturated rings. The summed E-state index contributed by atoms with van der Waals surface area (Å²) in [6.07, 6.45) is 9.55. The third-order valence-electron chi connectivity index (χ3n) is 7.93. The molecule has 43 heavy (non-hydrogen) atoms. The van der Waals surface area contributed by atoms with Crippen LogP contribution in [0.1, 0.15) is 82.2 Å². The van der Waals surface area contributed by atoms with Gasteiger partial charge in [-0.1, -0.05) is 18.4 Å². The van der Waals surface area contributed by atoms with E-state index in [0.717, 1.165) is 33.8 Å². The van der Waals surface area contributed by atoms with Crippen molar-refractivity contribution < 1.29 is 23.4 Å². The summed E-state index contributed by atoms with van der Waals surface area (Å²) in [5.41, 5.74) is 9.19. The van der Waals surface area contributed by atoms with Gasteiger partial charge >= 0.3 is 0 Å². The summed E-state index contributed by atoms with van der Waals surface area (Å²) < 4.78 is 30.8. The quantitative estimate of drug-likeness (QED) is 0.142. The maximum absolute atomic E-state index is 13.7. The molecule has 1 heterocycles. The molecule has 1 N–H and O–H groups in total. The SMILES string of the molecule is C/C=N\Cc1cc(OCC)c(COC)cc1C(C)SC1=C=C=CC(C(=N)C(=O)CCC2C=C(C(C)(CC)CF)OCC2)=C1. The van der Waals surface area contributed by atoms with Crippen molar-refractivity contribution in [3.8, 4) is 5.75 Å². The van der Waals surface area contributed by atoms with E-state index in [1.54, 1.807) is 31.2 Å². The molecule has 0 radical (unpaired) electrons. The van der Waals surface area contributed by atoms with Crippen LogP contribution in [0.15, 0.2) is 63.1 Å². The van der Waals surface area contributed by atoms with E-state index in [0.29, 0.717) is 50.5 Å². The van der Waals surface area contributed by atoms with Crippen LogP contribution in [0.5, 0.6) is 5.75 Å². The Bertz CT molecular complexity index is 1360. The Hall–Kier alpha value is -3.15. The zero-order valence-electron chi connectivity index (χ0n) is 26.3. The van der Waals surface area contributed by atoms with Crippen molar-refractivity contribution in [2.24, 2.45) is 16.3 Å². The second-order valence-electron chi connectivity index (χ2n) is 11.1. The highest BCUT2D eigenvalue weighted by Gasteiger charge is 2.32. The summed E-state index contributed by atoms with van der Waals surface area (Å²) in [7, 11) is 1.67. The van der Waals surface area contributed by atoms with E-state index in [9.17, 15) is 9.18 Å². The van der Waals surface area contributed by atoms with E-state index in [2.05, 4.69) is 35.5 Å². The second kappa shape index (κ2) is 16.6.